The fraction of sp³-hybridized carbons (Fsp3) is 0.136. The molecule has 0 fully saturated rings. The van der Waals surface area contributed by atoms with E-state index < -0.39 is 0 Å². The molecule has 0 bridgehead atoms. The highest BCUT2D eigenvalue weighted by Gasteiger charge is 2.10. The zero-order chi connectivity index (χ0) is 21.2. The molecule has 2 aromatic carbocycles. The van der Waals surface area contributed by atoms with Crippen LogP contribution in [0.3, 0.4) is 0 Å². The number of rotatable bonds is 6. The number of hydrogen-bond acceptors (Lipinski definition) is 9. The topological polar surface area (TPSA) is 94.9 Å². The van der Waals surface area contributed by atoms with Gasteiger partial charge in [-0.1, -0.05) is 0 Å². The summed E-state index contributed by atoms with van der Waals surface area (Å²) >= 11 is 1.61. The smallest absolute Gasteiger partial charge is 0.317 e. The van der Waals surface area contributed by atoms with E-state index in [0.29, 0.717) is 29.5 Å². The standard InChI is InChI=1S/C22H18N6O2S/c1-3-29-22-23-10-17-20(28-22)21(25-11-24-17)27-14-4-6-18(13(2)8-14)30-15-5-7-19-16(9-15)26-12-31-19/h4-12H,3H2,1-2H3,(H,24,25,27). The molecule has 5 rings (SSSR count). The van der Waals surface area contributed by atoms with Crippen molar-refractivity contribution in [2.45, 2.75) is 13.8 Å². The van der Waals surface area contributed by atoms with Gasteiger partial charge in [-0.3, -0.25) is 0 Å². The Morgan fingerprint density at radius 1 is 1.00 bits per heavy atom. The second kappa shape index (κ2) is 8.11. The summed E-state index contributed by atoms with van der Waals surface area (Å²) in [5.41, 5.74) is 5.83. The quantitative estimate of drug-likeness (QED) is 0.389. The SMILES string of the molecule is CCOc1ncc2ncnc(Nc3ccc(Oc4ccc5scnc5c4)c(C)c3)c2n1. The predicted molar refractivity (Wildman–Crippen MR) is 120 cm³/mol. The van der Waals surface area contributed by atoms with Crippen molar-refractivity contribution in [3.63, 3.8) is 0 Å². The van der Waals surface area contributed by atoms with Crippen molar-refractivity contribution >= 4 is 44.1 Å². The van der Waals surface area contributed by atoms with Gasteiger partial charge < -0.3 is 14.8 Å². The minimum atomic E-state index is 0.296. The summed E-state index contributed by atoms with van der Waals surface area (Å²) < 4.78 is 12.6. The van der Waals surface area contributed by atoms with E-state index >= 15 is 0 Å². The fourth-order valence-electron chi connectivity index (χ4n) is 3.13. The largest absolute Gasteiger partial charge is 0.464 e. The number of aromatic nitrogens is 5. The summed E-state index contributed by atoms with van der Waals surface area (Å²) in [7, 11) is 0. The average molecular weight is 430 g/mol. The third-order valence-corrected chi connectivity index (χ3v) is 5.41. The Balaban J connectivity index is 1.40. The third-order valence-electron chi connectivity index (χ3n) is 4.60. The number of fused-ring (bicyclic) bond motifs is 2. The van der Waals surface area contributed by atoms with Crippen molar-refractivity contribution in [1.82, 2.24) is 24.9 Å². The molecule has 0 atom stereocenters. The molecular weight excluding hydrogens is 412 g/mol. The first kappa shape index (κ1) is 19.1. The highest BCUT2D eigenvalue weighted by Crippen LogP contribution is 2.31. The van der Waals surface area contributed by atoms with Gasteiger partial charge in [-0.15, -0.1) is 11.3 Å². The van der Waals surface area contributed by atoms with E-state index in [1.807, 2.05) is 55.8 Å². The first-order valence-corrected chi connectivity index (χ1v) is 10.6. The molecule has 3 heterocycles. The third kappa shape index (κ3) is 3.95. The molecule has 0 amide bonds. The first-order valence-electron chi connectivity index (χ1n) is 9.69. The summed E-state index contributed by atoms with van der Waals surface area (Å²) in [5.74, 6) is 2.10. The lowest BCUT2D eigenvalue weighted by atomic mass is 10.2. The summed E-state index contributed by atoms with van der Waals surface area (Å²) in [6.07, 6.45) is 3.11. The maximum Gasteiger partial charge on any atom is 0.317 e. The zero-order valence-electron chi connectivity index (χ0n) is 16.9. The normalized spacial score (nSPS) is 11.0. The second-order valence-corrected chi connectivity index (χ2v) is 7.62. The van der Waals surface area contributed by atoms with Crippen LogP contribution >= 0.6 is 11.3 Å². The van der Waals surface area contributed by atoms with Gasteiger partial charge in [0, 0.05) is 11.8 Å². The zero-order valence-corrected chi connectivity index (χ0v) is 17.7. The van der Waals surface area contributed by atoms with Crippen molar-refractivity contribution in [2.75, 3.05) is 11.9 Å². The summed E-state index contributed by atoms with van der Waals surface area (Å²) in [4.78, 5) is 21.5. The lowest BCUT2D eigenvalue weighted by Gasteiger charge is -2.12. The molecule has 154 valence electrons. The average Bonchev–Trinajstić information content (AvgIpc) is 3.24. The van der Waals surface area contributed by atoms with Gasteiger partial charge in [0.2, 0.25) is 0 Å². The van der Waals surface area contributed by atoms with Gasteiger partial charge in [-0.2, -0.15) is 4.98 Å². The van der Waals surface area contributed by atoms with Crippen LogP contribution in [0.1, 0.15) is 12.5 Å². The van der Waals surface area contributed by atoms with Gasteiger partial charge in [0.15, 0.2) is 5.82 Å². The van der Waals surface area contributed by atoms with Crippen molar-refractivity contribution in [3.05, 3.63) is 60.0 Å². The lowest BCUT2D eigenvalue weighted by molar-refractivity contribution is 0.314. The van der Waals surface area contributed by atoms with Crippen LogP contribution in [0.5, 0.6) is 17.5 Å². The maximum absolute atomic E-state index is 6.08. The van der Waals surface area contributed by atoms with Gasteiger partial charge >= 0.3 is 6.01 Å². The van der Waals surface area contributed by atoms with E-state index in [1.54, 1.807) is 17.5 Å². The van der Waals surface area contributed by atoms with Crippen LogP contribution in [0.15, 0.2) is 54.4 Å². The molecular formula is C22H18N6O2S. The van der Waals surface area contributed by atoms with Crippen molar-refractivity contribution in [2.24, 2.45) is 0 Å². The fourth-order valence-corrected chi connectivity index (χ4v) is 3.79. The molecule has 0 aliphatic heterocycles. The number of anilines is 2. The number of hydrogen-bond donors (Lipinski definition) is 1. The molecule has 0 unspecified atom stereocenters. The van der Waals surface area contributed by atoms with E-state index in [1.165, 1.54) is 6.33 Å². The molecule has 9 heteroatoms. The summed E-state index contributed by atoms with van der Waals surface area (Å²) in [5, 5.41) is 3.31. The lowest BCUT2D eigenvalue weighted by Crippen LogP contribution is -2.02. The van der Waals surface area contributed by atoms with E-state index in [2.05, 4.69) is 30.2 Å². The van der Waals surface area contributed by atoms with Gasteiger partial charge in [0.25, 0.3) is 0 Å². The van der Waals surface area contributed by atoms with E-state index in [0.717, 1.165) is 33.0 Å². The molecule has 5 aromatic rings. The Bertz CT molecular complexity index is 1390. The minimum absolute atomic E-state index is 0.296. The van der Waals surface area contributed by atoms with Crippen molar-refractivity contribution in [3.8, 4) is 17.5 Å². The van der Waals surface area contributed by atoms with E-state index in [-0.39, 0.29) is 0 Å². The van der Waals surface area contributed by atoms with Crippen LogP contribution < -0.4 is 14.8 Å². The van der Waals surface area contributed by atoms with Gasteiger partial charge in [-0.25, -0.2) is 19.9 Å². The molecule has 8 nitrogen and oxygen atoms in total. The maximum atomic E-state index is 6.08. The number of ether oxygens (including phenoxy) is 2. The van der Waals surface area contributed by atoms with Crippen LogP contribution in [0.25, 0.3) is 21.3 Å². The Hall–Kier alpha value is -3.85. The minimum Gasteiger partial charge on any atom is -0.464 e. The van der Waals surface area contributed by atoms with Crippen molar-refractivity contribution < 1.29 is 9.47 Å². The van der Waals surface area contributed by atoms with Crippen LogP contribution in [0, 0.1) is 6.92 Å². The number of aryl methyl sites for hydroxylation is 1. The monoisotopic (exact) mass is 430 g/mol. The van der Waals surface area contributed by atoms with Crippen molar-refractivity contribution in [1.29, 1.82) is 0 Å². The van der Waals surface area contributed by atoms with Crippen LogP contribution in [0.2, 0.25) is 0 Å². The predicted octanol–water partition coefficient (Wildman–Crippen LogP) is 5.27. The molecule has 0 aliphatic rings. The number of benzene rings is 2. The second-order valence-electron chi connectivity index (χ2n) is 6.73. The molecule has 1 N–H and O–H groups in total. The Morgan fingerprint density at radius 3 is 2.81 bits per heavy atom. The molecule has 0 spiro atoms. The first-order chi connectivity index (χ1) is 15.2. The van der Waals surface area contributed by atoms with Gasteiger partial charge in [0.05, 0.1) is 28.5 Å². The van der Waals surface area contributed by atoms with E-state index in [9.17, 15) is 0 Å². The highest BCUT2D eigenvalue weighted by molar-refractivity contribution is 7.16. The summed E-state index contributed by atoms with van der Waals surface area (Å²) in [6, 6.07) is 12.1. The Labute approximate surface area is 182 Å². The molecule has 0 aliphatic carbocycles. The number of nitrogens with one attached hydrogen (secondary N) is 1. The molecule has 0 saturated carbocycles. The van der Waals surface area contributed by atoms with E-state index in [4.69, 9.17) is 9.47 Å². The molecule has 3 aromatic heterocycles. The summed E-state index contributed by atoms with van der Waals surface area (Å²) in [6.45, 7) is 4.36. The molecule has 0 radical (unpaired) electrons. The van der Waals surface area contributed by atoms with Crippen LogP contribution in [-0.2, 0) is 0 Å². The molecule has 0 saturated heterocycles. The molecule has 31 heavy (non-hydrogen) atoms. The Kier molecular flexibility index (Phi) is 5.01. The Morgan fingerprint density at radius 2 is 1.94 bits per heavy atom. The van der Waals surface area contributed by atoms with Crippen LogP contribution in [0.4, 0.5) is 11.5 Å². The van der Waals surface area contributed by atoms with Gasteiger partial charge in [0.1, 0.15) is 28.9 Å². The number of nitrogens with zero attached hydrogens (tertiary/aromatic N) is 5. The van der Waals surface area contributed by atoms with Crippen LogP contribution in [-0.4, -0.2) is 31.5 Å². The highest BCUT2D eigenvalue weighted by atomic mass is 32.1. The number of thiazole rings is 1. The van der Waals surface area contributed by atoms with Gasteiger partial charge in [-0.05, 0) is 49.7 Å².